The van der Waals surface area contributed by atoms with Gasteiger partial charge in [0.2, 0.25) is 0 Å². The zero-order valence-electron chi connectivity index (χ0n) is 13.0. The van der Waals surface area contributed by atoms with Crippen molar-refractivity contribution in [2.45, 2.75) is 44.1 Å². The third-order valence-corrected chi connectivity index (χ3v) is 3.98. The number of fused-ring (bicyclic) bond motifs is 1. The van der Waals surface area contributed by atoms with Gasteiger partial charge < -0.3 is 19.8 Å². The zero-order chi connectivity index (χ0) is 17.5. The molecule has 0 aliphatic carbocycles. The first-order valence-corrected chi connectivity index (χ1v) is 6.95. The highest BCUT2D eigenvalue weighted by molar-refractivity contribution is 5.54. The van der Waals surface area contributed by atoms with Crippen LogP contribution in [0.25, 0.3) is 0 Å². The van der Waals surface area contributed by atoms with Gasteiger partial charge in [-0.05, 0) is 18.6 Å². The SMILES string of the molecule is COc1ccc2c(c1C(C)(C)C[C@@](O)(CO)C(F)(F)F)OOC2. The molecule has 0 bridgehead atoms. The molecule has 1 aromatic rings. The van der Waals surface area contributed by atoms with Crippen molar-refractivity contribution in [1.29, 1.82) is 0 Å². The zero-order valence-corrected chi connectivity index (χ0v) is 13.0. The Balaban J connectivity index is 2.50. The van der Waals surface area contributed by atoms with Gasteiger partial charge in [-0.15, -0.1) is 0 Å². The minimum Gasteiger partial charge on any atom is -0.496 e. The number of benzene rings is 1. The van der Waals surface area contributed by atoms with Crippen LogP contribution in [0.3, 0.4) is 0 Å². The first-order valence-electron chi connectivity index (χ1n) is 6.95. The fourth-order valence-corrected chi connectivity index (χ4v) is 2.84. The van der Waals surface area contributed by atoms with Crippen molar-refractivity contribution in [2.24, 2.45) is 0 Å². The minimum atomic E-state index is -4.97. The molecule has 0 radical (unpaired) electrons. The van der Waals surface area contributed by atoms with Crippen LogP contribution in [0.15, 0.2) is 12.1 Å². The van der Waals surface area contributed by atoms with Crippen molar-refractivity contribution in [3.8, 4) is 11.5 Å². The fraction of sp³-hybridized carbons (Fsp3) is 0.600. The first kappa shape index (κ1) is 17.8. The predicted octanol–water partition coefficient (Wildman–Crippen LogP) is 2.47. The van der Waals surface area contributed by atoms with Gasteiger partial charge in [0.25, 0.3) is 0 Å². The summed E-state index contributed by atoms with van der Waals surface area (Å²) in [4.78, 5) is 9.97. The lowest BCUT2D eigenvalue weighted by atomic mass is 9.74. The van der Waals surface area contributed by atoms with Crippen LogP contribution in [-0.2, 0) is 16.9 Å². The summed E-state index contributed by atoms with van der Waals surface area (Å²) in [6.07, 6.45) is -5.74. The first-order chi connectivity index (χ1) is 10.6. The topological polar surface area (TPSA) is 68.2 Å². The molecule has 0 aromatic heterocycles. The van der Waals surface area contributed by atoms with E-state index in [1.54, 1.807) is 12.1 Å². The van der Waals surface area contributed by atoms with Crippen LogP contribution in [0.1, 0.15) is 31.4 Å². The van der Waals surface area contributed by atoms with Gasteiger partial charge in [0, 0.05) is 16.5 Å². The lowest BCUT2D eigenvalue weighted by Gasteiger charge is -2.37. The van der Waals surface area contributed by atoms with Crippen LogP contribution in [0.4, 0.5) is 13.2 Å². The summed E-state index contributed by atoms with van der Waals surface area (Å²) in [6.45, 7) is 1.76. The number of rotatable bonds is 5. The van der Waals surface area contributed by atoms with Crippen molar-refractivity contribution in [3.63, 3.8) is 0 Å². The number of hydrogen-bond acceptors (Lipinski definition) is 5. The highest BCUT2D eigenvalue weighted by atomic mass is 19.4. The summed E-state index contributed by atoms with van der Waals surface area (Å²) in [6, 6.07) is 3.31. The standard InChI is InChI=1S/C15H19F3O5/c1-13(2,7-14(20,8-19)15(16,17)18)11-10(21-3)5-4-9-6-22-23-12(9)11/h4-5,19-20H,6-8H2,1-3H3/t14-/m1/s1. The number of halogens is 3. The summed E-state index contributed by atoms with van der Waals surface area (Å²) in [5, 5.41) is 19.0. The van der Waals surface area contributed by atoms with Gasteiger partial charge in [0.1, 0.15) is 12.4 Å². The van der Waals surface area contributed by atoms with Crippen molar-refractivity contribution < 1.29 is 37.9 Å². The lowest BCUT2D eigenvalue weighted by molar-refractivity contribution is -0.277. The molecule has 2 rings (SSSR count). The Labute approximate surface area is 131 Å². The van der Waals surface area contributed by atoms with Crippen LogP contribution in [0.5, 0.6) is 11.5 Å². The van der Waals surface area contributed by atoms with Crippen LogP contribution < -0.4 is 9.62 Å². The molecule has 0 unspecified atom stereocenters. The van der Waals surface area contributed by atoms with E-state index in [1.807, 2.05) is 0 Å². The van der Waals surface area contributed by atoms with E-state index < -0.39 is 30.2 Å². The molecule has 0 amide bonds. The van der Waals surface area contributed by atoms with Gasteiger partial charge in [-0.1, -0.05) is 13.8 Å². The molecule has 0 fully saturated rings. The maximum absolute atomic E-state index is 13.1. The van der Waals surface area contributed by atoms with E-state index in [9.17, 15) is 18.3 Å². The number of hydrogen-bond donors (Lipinski definition) is 2. The van der Waals surface area contributed by atoms with E-state index in [-0.39, 0.29) is 12.4 Å². The second kappa shape index (κ2) is 5.85. The number of methoxy groups -OCH3 is 1. The highest BCUT2D eigenvalue weighted by Gasteiger charge is 2.56. The lowest BCUT2D eigenvalue weighted by Crippen LogP contribution is -2.52. The molecule has 1 heterocycles. The largest absolute Gasteiger partial charge is 0.496 e. The number of aliphatic hydroxyl groups is 2. The van der Waals surface area contributed by atoms with Gasteiger partial charge in [-0.2, -0.15) is 18.1 Å². The molecule has 2 N–H and O–H groups in total. The third-order valence-electron chi connectivity index (χ3n) is 3.98. The molecule has 130 valence electrons. The Morgan fingerprint density at radius 3 is 2.43 bits per heavy atom. The van der Waals surface area contributed by atoms with Crippen LogP contribution in [-0.4, -0.2) is 35.7 Å². The van der Waals surface area contributed by atoms with Gasteiger partial charge in [-0.3, -0.25) is 0 Å². The molecule has 1 aromatic carbocycles. The van der Waals surface area contributed by atoms with E-state index in [0.29, 0.717) is 16.9 Å². The normalized spacial score (nSPS) is 17.4. The Morgan fingerprint density at radius 1 is 1.26 bits per heavy atom. The van der Waals surface area contributed by atoms with Crippen LogP contribution in [0, 0.1) is 0 Å². The third kappa shape index (κ3) is 3.11. The maximum Gasteiger partial charge on any atom is 0.419 e. The molecule has 1 atom stereocenters. The molecule has 1 aliphatic rings. The summed E-state index contributed by atoms with van der Waals surface area (Å²) >= 11 is 0. The van der Waals surface area contributed by atoms with E-state index in [4.69, 9.17) is 19.6 Å². The maximum atomic E-state index is 13.1. The second-order valence-electron chi connectivity index (χ2n) is 6.22. The monoisotopic (exact) mass is 336 g/mol. The molecule has 1 aliphatic heterocycles. The van der Waals surface area contributed by atoms with Gasteiger partial charge in [-0.25, -0.2) is 0 Å². The minimum absolute atomic E-state index is 0.173. The number of alkyl halides is 3. The number of aliphatic hydroxyl groups excluding tert-OH is 1. The average Bonchev–Trinajstić information content (AvgIpc) is 2.92. The van der Waals surface area contributed by atoms with Crippen LogP contribution in [0.2, 0.25) is 0 Å². The highest BCUT2D eigenvalue weighted by Crippen LogP contribution is 2.48. The molecular formula is C15H19F3O5. The Bertz CT molecular complexity index is 585. The fourth-order valence-electron chi connectivity index (χ4n) is 2.84. The Morgan fingerprint density at radius 2 is 1.91 bits per heavy atom. The van der Waals surface area contributed by atoms with E-state index >= 15 is 0 Å². The predicted molar refractivity (Wildman–Crippen MR) is 74.1 cm³/mol. The quantitative estimate of drug-likeness (QED) is 0.809. The summed E-state index contributed by atoms with van der Waals surface area (Å²) in [7, 11) is 1.39. The Kier molecular flexibility index (Phi) is 4.53. The Hall–Kier alpha value is -1.51. The van der Waals surface area contributed by atoms with Gasteiger partial charge in [0.15, 0.2) is 11.4 Å². The van der Waals surface area contributed by atoms with Crippen molar-refractivity contribution in [3.05, 3.63) is 23.3 Å². The van der Waals surface area contributed by atoms with Gasteiger partial charge in [0.05, 0.1) is 13.7 Å². The van der Waals surface area contributed by atoms with Crippen LogP contribution >= 0.6 is 0 Å². The summed E-state index contributed by atoms with van der Waals surface area (Å²) in [5.41, 5.74) is -3.42. The van der Waals surface area contributed by atoms with Crippen molar-refractivity contribution >= 4 is 0 Å². The molecule has 8 heteroatoms. The van der Waals surface area contributed by atoms with Gasteiger partial charge >= 0.3 is 6.18 Å². The molecule has 0 saturated heterocycles. The molecule has 0 spiro atoms. The van der Waals surface area contributed by atoms with E-state index in [2.05, 4.69) is 0 Å². The summed E-state index contributed by atoms with van der Waals surface area (Å²) in [5.74, 6) is 0.610. The average molecular weight is 336 g/mol. The molecular weight excluding hydrogens is 317 g/mol. The van der Waals surface area contributed by atoms with E-state index in [1.165, 1.54) is 21.0 Å². The van der Waals surface area contributed by atoms with Crippen molar-refractivity contribution in [2.75, 3.05) is 13.7 Å². The molecule has 5 nitrogen and oxygen atoms in total. The van der Waals surface area contributed by atoms with E-state index in [0.717, 1.165) is 0 Å². The molecule has 0 saturated carbocycles. The smallest absolute Gasteiger partial charge is 0.419 e. The number of ether oxygens (including phenoxy) is 1. The summed E-state index contributed by atoms with van der Waals surface area (Å²) < 4.78 is 44.6. The van der Waals surface area contributed by atoms with Crippen molar-refractivity contribution in [1.82, 2.24) is 0 Å². The second-order valence-corrected chi connectivity index (χ2v) is 6.22. The molecule has 23 heavy (non-hydrogen) atoms.